The third-order valence-electron chi connectivity index (χ3n) is 2.86. The molecule has 1 aromatic rings. The number of hydrogen-bond acceptors (Lipinski definition) is 2. The van der Waals surface area contributed by atoms with Crippen LogP contribution < -0.4 is 10.5 Å². The van der Waals surface area contributed by atoms with E-state index in [0.29, 0.717) is 6.10 Å². The van der Waals surface area contributed by atoms with Gasteiger partial charge in [0.1, 0.15) is 5.75 Å². The number of para-hydroxylation sites is 1. The number of hydrogen-bond donors (Lipinski definition) is 1. The van der Waals surface area contributed by atoms with Crippen LogP contribution in [-0.4, -0.2) is 12.1 Å². The van der Waals surface area contributed by atoms with E-state index < -0.39 is 0 Å². The van der Waals surface area contributed by atoms with E-state index in [-0.39, 0.29) is 6.04 Å². The lowest BCUT2D eigenvalue weighted by molar-refractivity contribution is 0.190. The van der Waals surface area contributed by atoms with Gasteiger partial charge in [-0.3, -0.25) is 0 Å². The van der Waals surface area contributed by atoms with E-state index in [9.17, 15) is 0 Å². The molecule has 0 bridgehead atoms. The first-order valence-corrected chi connectivity index (χ1v) is 5.70. The third-order valence-corrected chi connectivity index (χ3v) is 2.86. The van der Waals surface area contributed by atoms with E-state index in [1.807, 2.05) is 6.92 Å². The second-order valence-corrected chi connectivity index (χ2v) is 4.55. The van der Waals surface area contributed by atoms with Gasteiger partial charge in [-0.2, -0.15) is 0 Å². The van der Waals surface area contributed by atoms with Crippen molar-refractivity contribution in [2.24, 2.45) is 5.73 Å². The van der Waals surface area contributed by atoms with E-state index in [4.69, 9.17) is 10.5 Å². The van der Waals surface area contributed by atoms with Crippen LogP contribution in [0.4, 0.5) is 0 Å². The average molecular weight is 205 g/mol. The summed E-state index contributed by atoms with van der Waals surface area (Å²) in [6.07, 6.45) is 3.49. The molecule has 0 spiro atoms. The number of nitrogens with two attached hydrogens (primary N) is 1. The van der Waals surface area contributed by atoms with Gasteiger partial charge in [0, 0.05) is 6.04 Å². The van der Waals surface area contributed by atoms with Crippen LogP contribution in [0.2, 0.25) is 0 Å². The van der Waals surface area contributed by atoms with Crippen molar-refractivity contribution in [3.05, 3.63) is 29.3 Å². The van der Waals surface area contributed by atoms with Gasteiger partial charge in [0.05, 0.1) is 6.10 Å². The molecule has 0 amide bonds. The third kappa shape index (κ3) is 2.32. The largest absolute Gasteiger partial charge is 0.490 e. The Morgan fingerprint density at radius 3 is 3.07 bits per heavy atom. The Labute approximate surface area is 91.4 Å². The lowest BCUT2D eigenvalue weighted by Crippen LogP contribution is -2.23. The molecule has 2 rings (SSSR count). The summed E-state index contributed by atoms with van der Waals surface area (Å²) in [4.78, 5) is 0. The highest BCUT2D eigenvalue weighted by atomic mass is 16.5. The zero-order valence-electron chi connectivity index (χ0n) is 9.49. The molecule has 1 aliphatic rings. The molecule has 82 valence electrons. The average Bonchev–Trinajstić information content (AvgIpc) is 2.18. The second kappa shape index (κ2) is 4.23. The van der Waals surface area contributed by atoms with Crippen molar-refractivity contribution in [2.45, 2.75) is 45.3 Å². The molecule has 2 N–H and O–H groups in total. The van der Waals surface area contributed by atoms with Crippen molar-refractivity contribution in [3.8, 4) is 5.75 Å². The smallest absolute Gasteiger partial charge is 0.126 e. The van der Waals surface area contributed by atoms with Crippen molar-refractivity contribution < 1.29 is 4.74 Å². The molecule has 1 aliphatic heterocycles. The molecular weight excluding hydrogens is 186 g/mol. The first-order valence-electron chi connectivity index (χ1n) is 5.70. The Morgan fingerprint density at radius 2 is 2.33 bits per heavy atom. The Kier molecular flexibility index (Phi) is 2.96. The maximum absolute atomic E-state index is 5.91. The predicted octanol–water partition coefficient (Wildman–Crippen LogP) is 2.29. The van der Waals surface area contributed by atoms with Crippen LogP contribution in [0.5, 0.6) is 5.75 Å². The summed E-state index contributed by atoms with van der Waals surface area (Å²) >= 11 is 0. The minimum Gasteiger partial charge on any atom is -0.490 e. The van der Waals surface area contributed by atoms with Gasteiger partial charge in [0.25, 0.3) is 0 Å². The van der Waals surface area contributed by atoms with E-state index >= 15 is 0 Å². The molecule has 1 aromatic carbocycles. The molecule has 2 nitrogen and oxygen atoms in total. The first kappa shape index (κ1) is 10.5. The second-order valence-electron chi connectivity index (χ2n) is 4.55. The van der Waals surface area contributed by atoms with Crippen molar-refractivity contribution in [2.75, 3.05) is 0 Å². The summed E-state index contributed by atoms with van der Waals surface area (Å²) in [5.41, 5.74) is 8.43. The number of aryl methyl sites for hydroxylation is 1. The molecule has 0 radical (unpaired) electrons. The Morgan fingerprint density at radius 1 is 1.53 bits per heavy atom. The number of rotatable bonds is 2. The number of benzene rings is 1. The van der Waals surface area contributed by atoms with Gasteiger partial charge in [-0.15, -0.1) is 0 Å². The Bertz CT molecular complexity index is 346. The van der Waals surface area contributed by atoms with E-state index in [1.54, 1.807) is 0 Å². The van der Waals surface area contributed by atoms with Crippen molar-refractivity contribution >= 4 is 0 Å². The van der Waals surface area contributed by atoms with Crippen molar-refractivity contribution in [1.29, 1.82) is 0 Å². The van der Waals surface area contributed by atoms with Crippen LogP contribution in [-0.2, 0) is 12.8 Å². The van der Waals surface area contributed by atoms with Crippen molar-refractivity contribution in [1.82, 2.24) is 0 Å². The summed E-state index contributed by atoms with van der Waals surface area (Å²) in [5, 5.41) is 0. The van der Waals surface area contributed by atoms with Gasteiger partial charge in [0.15, 0.2) is 0 Å². The van der Waals surface area contributed by atoms with Gasteiger partial charge in [-0.05, 0) is 44.2 Å². The summed E-state index contributed by atoms with van der Waals surface area (Å²) in [6.45, 7) is 4.16. The molecule has 15 heavy (non-hydrogen) atoms. The molecule has 0 fully saturated rings. The summed E-state index contributed by atoms with van der Waals surface area (Å²) in [6, 6.07) is 6.58. The predicted molar refractivity (Wildman–Crippen MR) is 62.2 cm³/mol. The fourth-order valence-electron chi connectivity index (χ4n) is 2.11. The maximum atomic E-state index is 5.91. The van der Waals surface area contributed by atoms with Crippen LogP contribution >= 0.6 is 0 Å². The van der Waals surface area contributed by atoms with E-state index in [1.165, 1.54) is 11.1 Å². The minimum atomic E-state index is 0.192. The van der Waals surface area contributed by atoms with Gasteiger partial charge < -0.3 is 10.5 Å². The normalized spacial score (nSPS) is 21.7. The quantitative estimate of drug-likeness (QED) is 0.804. The highest BCUT2D eigenvalue weighted by Gasteiger charge is 2.19. The van der Waals surface area contributed by atoms with E-state index in [2.05, 4.69) is 25.1 Å². The van der Waals surface area contributed by atoms with Crippen LogP contribution in [0, 0.1) is 0 Å². The summed E-state index contributed by atoms with van der Waals surface area (Å²) < 4.78 is 5.91. The zero-order valence-corrected chi connectivity index (χ0v) is 9.49. The minimum absolute atomic E-state index is 0.192. The molecule has 0 saturated heterocycles. The molecule has 2 atom stereocenters. The summed E-state index contributed by atoms with van der Waals surface area (Å²) in [5.74, 6) is 1.09. The van der Waals surface area contributed by atoms with E-state index in [0.717, 1.165) is 25.0 Å². The molecule has 2 heteroatoms. The van der Waals surface area contributed by atoms with Gasteiger partial charge in [-0.25, -0.2) is 0 Å². The lowest BCUT2D eigenvalue weighted by atomic mass is 9.97. The van der Waals surface area contributed by atoms with Crippen LogP contribution in [0.3, 0.4) is 0 Å². The summed E-state index contributed by atoms with van der Waals surface area (Å²) in [7, 11) is 0. The molecule has 2 unspecified atom stereocenters. The van der Waals surface area contributed by atoms with Gasteiger partial charge >= 0.3 is 0 Å². The lowest BCUT2D eigenvalue weighted by Gasteiger charge is -2.26. The fourth-order valence-corrected chi connectivity index (χ4v) is 2.11. The molecule has 0 aromatic heterocycles. The highest BCUT2D eigenvalue weighted by Crippen LogP contribution is 2.31. The van der Waals surface area contributed by atoms with Crippen LogP contribution in [0.15, 0.2) is 18.2 Å². The molecule has 1 heterocycles. The molecule has 0 aliphatic carbocycles. The Balaban J connectivity index is 2.31. The SMILES string of the molecule is CC(N)Cc1cccc2c1OC(C)CC2. The zero-order chi connectivity index (χ0) is 10.8. The maximum Gasteiger partial charge on any atom is 0.126 e. The Hall–Kier alpha value is -1.02. The van der Waals surface area contributed by atoms with Crippen LogP contribution in [0.1, 0.15) is 31.4 Å². The first-order chi connectivity index (χ1) is 7.16. The number of fused-ring (bicyclic) bond motifs is 1. The highest BCUT2D eigenvalue weighted by molar-refractivity contribution is 5.43. The monoisotopic (exact) mass is 205 g/mol. The molecular formula is C13H19NO. The molecule has 0 saturated carbocycles. The van der Waals surface area contributed by atoms with Crippen molar-refractivity contribution in [3.63, 3.8) is 0 Å². The van der Waals surface area contributed by atoms with Crippen LogP contribution in [0.25, 0.3) is 0 Å². The topological polar surface area (TPSA) is 35.2 Å². The fraction of sp³-hybridized carbons (Fsp3) is 0.538. The van der Waals surface area contributed by atoms with Gasteiger partial charge in [-0.1, -0.05) is 18.2 Å². The van der Waals surface area contributed by atoms with Gasteiger partial charge in [0.2, 0.25) is 0 Å². The standard InChI is InChI=1S/C13H19NO/c1-9(14)8-12-5-3-4-11-7-6-10(2)15-13(11)12/h3-5,9-10H,6-8,14H2,1-2H3. The number of ether oxygens (including phenoxy) is 1.